The van der Waals surface area contributed by atoms with Gasteiger partial charge in [0.05, 0.1) is 0 Å². The molecule has 14 heavy (non-hydrogen) atoms. The number of carbonyl (C=O) groups excluding carboxylic acids is 1. The van der Waals surface area contributed by atoms with Gasteiger partial charge in [-0.25, -0.2) is 0 Å². The number of carbonyl (C=O) groups is 1. The summed E-state index contributed by atoms with van der Waals surface area (Å²) in [6.07, 6.45) is 0. The molecular formula is C12H19NO. The molecule has 1 aromatic carbocycles. The lowest BCUT2D eigenvalue weighted by molar-refractivity contribution is 0.0816. The Labute approximate surface area is 86.5 Å². The molecule has 1 heterocycles. The molecule has 2 rings (SSSR count). The fraction of sp³-hybridized carbons (Fsp3) is 0.417. The average Bonchev–Trinajstić information content (AvgIpc) is 2.47. The van der Waals surface area contributed by atoms with Crippen LogP contribution in [0.3, 0.4) is 0 Å². The summed E-state index contributed by atoms with van der Waals surface area (Å²) in [6.45, 7) is 4.76. The largest absolute Gasteiger partial charge is 0.337 e. The molecule has 1 amide bonds. The molecule has 0 unspecified atom stereocenters. The third kappa shape index (κ3) is 2.13. The Morgan fingerprint density at radius 3 is 2.36 bits per heavy atom. The van der Waals surface area contributed by atoms with E-state index in [1.807, 2.05) is 45.2 Å². The zero-order valence-electron chi connectivity index (χ0n) is 8.37. The topological polar surface area (TPSA) is 20.3 Å². The molecule has 1 aliphatic heterocycles. The van der Waals surface area contributed by atoms with E-state index >= 15 is 0 Å². The van der Waals surface area contributed by atoms with Gasteiger partial charge in [-0.15, -0.1) is 0 Å². The van der Waals surface area contributed by atoms with Gasteiger partial charge in [-0.05, 0) is 11.6 Å². The van der Waals surface area contributed by atoms with Crippen LogP contribution in [0.15, 0.2) is 24.3 Å². The SMILES string of the molecule is C.CC.CN1Cc2ccccc2C1=O. The summed E-state index contributed by atoms with van der Waals surface area (Å²) in [5, 5.41) is 0. The third-order valence-corrected chi connectivity index (χ3v) is 2.00. The number of rotatable bonds is 0. The van der Waals surface area contributed by atoms with Crippen LogP contribution in [-0.2, 0) is 6.54 Å². The first-order valence-electron chi connectivity index (χ1n) is 4.62. The molecule has 0 saturated carbocycles. The quantitative estimate of drug-likeness (QED) is 0.620. The highest BCUT2D eigenvalue weighted by Crippen LogP contribution is 2.19. The van der Waals surface area contributed by atoms with Gasteiger partial charge in [0.15, 0.2) is 0 Å². The Morgan fingerprint density at radius 2 is 1.79 bits per heavy atom. The van der Waals surface area contributed by atoms with Gasteiger partial charge in [0.1, 0.15) is 0 Å². The van der Waals surface area contributed by atoms with Gasteiger partial charge in [-0.3, -0.25) is 4.79 Å². The van der Waals surface area contributed by atoms with Gasteiger partial charge >= 0.3 is 0 Å². The van der Waals surface area contributed by atoms with Crippen molar-refractivity contribution in [2.45, 2.75) is 27.8 Å². The molecule has 0 aliphatic carbocycles. The number of amides is 1. The number of hydrogen-bond acceptors (Lipinski definition) is 1. The van der Waals surface area contributed by atoms with E-state index in [2.05, 4.69) is 0 Å². The van der Waals surface area contributed by atoms with Crippen LogP contribution < -0.4 is 0 Å². The van der Waals surface area contributed by atoms with E-state index in [-0.39, 0.29) is 13.3 Å². The zero-order chi connectivity index (χ0) is 9.84. The minimum atomic E-state index is 0. The second-order valence-corrected chi connectivity index (χ2v) is 2.82. The van der Waals surface area contributed by atoms with E-state index in [4.69, 9.17) is 0 Å². The highest BCUT2D eigenvalue weighted by molar-refractivity contribution is 5.98. The Hall–Kier alpha value is -1.31. The second kappa shape index (κ2) is 5.43. The van der Waals surface area contributed by atoms with Gasteiger partial charge in [-0.1, -0.05) is 39.5 Å². The molecule has 1 aliphatic rings. The lowest BCUT2D eigenvalue weighted by Crippen LogP contribution is -2.17. The molecule has 2 heteroatoms. The van der Waals surface area contributed by atoms with Crippen LogP contribution >= 0.6 is 0 Å². The summed E-state index contributed by atoms with van der Waals surface area (Å²) in [5.74, 6) is 0.139. The summed E-state index contributed by atoms with van der Waals surface area (Å²) < 4.78 is 0. The molecule has 0 N–H and O–H groups in total. The first-order valence-corrected chi connectivity index (χ1v) is 4.62. The lowest BCUT2D eigenvalue weighted by atomic mass is 10.1. The number of hydrogen-bond donors (Lipinski definition) is 0. The average molecular weight is 193 g/mol. The predicted molar refractivity (Wildman–Crippen MR) is 60.3 cm³/mol. The van der Waals surface area contributed by atoms with Crippen molar-refractivity contribution in [1.82, 2.24) is 4.90 Å². The van der Waals surface area contributed by atoms with Crippen molar-refractivity contribution in [1.29, 1.82) is 0 Å². The minimum absolute atomic E-state index is 0. The standard InChI is InChI=1S/C9H9NO.C2H6.CH4/c1-10-6-7-4-2-3-5-8(7)9(10)11;1-2;/h2-5H,6H2,1H3;1-2H3;1H4. The van der Waals surface area contributed by atoms with Crippen molar-refractivity contribution in [3.05, 3.63) is 35.4 Å². The third-order valence-electron chi connectivity index (χ3n) is 2.00. The molecule has 2 nitrogen and oxygen atoms in total. The summed E-state index contributed by atoms with van der Waals surface area (Å²) in [6, 6.07) is 7.74. The maximum absolute atomic E-state index is 11.3. The van der Waals surface area contributed by atoms with Crippen LogP contribution in [0.2, 0.25) is 0 Å². The fourth-order valence-electron chi connectivity index (χ4n) is 1.40. The van der Waals surface area contributed by atoms with Crippen LogP contribution in [0.4, 0.5) is 0 Å². The Balaban J connectivity index is 0.000000531. The maximum atomic E-state index is 11.3. The normalized spacial score (nSPS) is 12.5. The molecule has 0 spiro atoms. The van der Waals surface area contributed by atoms with Crippen molar-refractivity contribution >= 4 is 5.91 Å². The van der Waals surface area contributed by atoms with Gasteiger partial charge in [0.25, 0.3) is 5.91 Å². The summed E-state index contributed by atoms with van der Waals surface area (Å²) >= 11 is 0. The molecule has 0 bridgehead atoms. The molecule has 0 saturated heterocycles. The number of benzene rings is 1. The van der Waals surface area contributed by atoms with Crippen molar-refractivity contribution in [3.63, 3.8) is 0 Å². The highest BCUT2D eigenvalue weighted by atomic mass is 16.2. The smallest absolute Gasteiger partial charge is 0.254 e. The Kier molecular flexibility index (Phi) is 4.92. The van der Waals surface area contributed by atoms with Crippen molar-refractivity contribution in [2.75, 3.05) is 7.05 Å². The van der Waals surface area contributed by atoms with E-state index in [0.717, 1.165) is 17.7 Å². The monoisotopic (exact) mass is 193 g/mol. The minimum Gasteiger partial charge on any atom is -0.337 e. The van der Waals surface area contributed by atoms with Crippen molar-refractivity contribution < 1.29 is 4.79 Å². The summed E-state index contributed by atoms with van der Waals surface area (Å²) in [7, 11) is 1.82. The van der Waals surface area contributed by atoms with Gasteiger partial charge in [0, 0.05) is 19.2 Å². The maximum Gasteiger partial charge on any atom is 0.254 e. The van der Waals surface area contributed by atoms with E-state index in [0.29, 0.717) is 0 Å². The van der Waals surface area contributed by atoms with Gasteiger partial charge < -0.3 is 4.90 Å². The van der Waals surface area contributed by atoms with Crippen molar-refractivity contribution in [2.24, 2.45) is 0 Å². The zero-order valence-corrected chi connectivity index (χ0v) is 8.37. The van der Waals surface area contributed by atoms with Crippen LogP contribution in [0.25, 0.3) is 0 Å². The van der Waals surface area contributed by atoms with E-state index in [1.54, 1.807) is 4.90 Å². The molecule has 78 valence electrons. The first-order chi connectivity index (χ1) is 6.29. The Morgan fingerprint density at radius 1 is 1.21 bits per heavy atom. The van der Waals surface area contributed by atoms with Crippen LogP contribution in [0, 0.1) is 0 Å². The van der Waals surface area contributed by atoms with Crippen molar-refractivity contribution in [3.8, 4) is 0 Å². The number of fused-ring (bicyclic) bond motifs is 1. The molecular weight excluding hydrogens is 174 g/mol. The van der Waals surface area contributed by atoms with Crippen LogP contribution in [0.5, 0.6) is 0 Å². The lowest BCUT2D eigenvalue weighted by Gasteiger charge is -2.04. The predicted octanol–water partition coefficient (Wildman–Crippen LogP) is 2.93. The van der Waals surface area contributed by atoms with Gasteiger partial charge in [-0.2, -0.15) is 0 Å². The summed E-state index contributed by atoms with van der Waals surface area (Å²) in [4.78, 5) is 13.0. The van der Waals surface area contributed by atoms with Gasteiger partial charge in [0.2, 0.25) is 0 Å². The van der Waals surface area contributed by atoms with Crippen LogP contribution in [-0.4, -0.2) is 17.9 Å². The second-order valence-electron chi connectivity index (χ2n) is 2.82. The van der Waals surface area contributed by atoms with E-state index in [9.17, 15) is 4.79 Å². The first kappa shape index (κ1) is 12.7. The summed E-state index contributed by atoms with van der Waals surface area (Å²) in [5.41, 5.74) is 2.00. The van der Waals surface area contributed by atoms with Crippen LogP contribution in [0.1, 0.15) is 37.2 Å². The molecule has 0 radical (unpaired) electrons. The molecule has 1 aromatic rings. The highest BCUT2D eigenvalue weighted by Gasteiger charge is 2.22. The van der Waals surface area contributed by atoms with E-state index in [1.165, 1.54) is 0 Å². The molecule has 0 atom stereocenters. The van der Waals surface area contributed by atoms with E-state index < -0.39 is 0 Å². The fourth-order valence-corrected chi connectivity index (χ4v) is 1.40. The number of nitrogens with zero attached hydrogens (tertiary/aromatic N) is 1. The molecule has 0 fully saturated rings. The Bertz CT molecular complexity index is 307. The molecule has 0 aromatic heterocycles.